The summed E-state index contributed by atoms with van der Waals surface area (Å²) in [6.45, 7) is 13.2. The van der Waals surface area contributed by atoms with Crippen LogP contribution in [-0.2, 0) is 13.0 Å². The predicted octanol–water partition coefficient (Wildman–Crippen LogP) is 3.97. The minimum atomic E-state index is 0.161. The second-order valence-corrected chi connectivity index (χ2v) is 7.81. The Hall–Kier alpha value is -0.610. The van der Waals surface area contributed by atoms with E-state index in [4.69, 9.17) is 4.98 Å². The molecular weight excluding hydrogens is 266 g/mol. The van der Waals surface area contributed by atoms with Crippen molar-refractivity contribution < 1.29 is 0 Å². The molecule has 1 N–H and O–H groups in total. The molecule has 0 radical (unpaired) electrons. The molecular formula is C16H29N3S. The van der Waals surface area contributed by atoms with E-state index in [1.165, 1.54) is 35.0 Å². The van der Waals surface area contributed by atoms with Crippen LogP contribution in [0, 0.1) is 0 Å². The Balaban J connectivity index is 2.12. The monoisotopic (exact) mass is 295 g/mol. The van der Waals surface area contributed by atoms with E-state index in [0.717, 1.165) is 25.6 Å². The van der Waals surface area contributed by atoms with E-state index in [2.05, 4.69) is 44.8 Å². The van der Waals surface area contributed by atoms with Crippen molar-refractivity contribution in [2.75, 3.05) is 11.4 Å². The number of anilines is 1. The first-order valence-corrected chi connectivity index (χ1v) is 8.76. The lowest BCUT2D eigenvalue weighted by Gasteiger charge is -2.21. The van der Waals surface area contributed by atoms with Crippen LogP contribution in [-0.4, -0.2) is 23.1 Å². The first kappa shape index (κ1) is 15.8. The maximum atomic E-state index is 4.91. The highest BCUT2D eigenvalue weighted by atomic mass is 32.1. The van der Waals surface area contributed by atoms with Crippen LogP contribution in [0.5, 0.6) is 0 Å². The molecule has 20 heavy (non-hydrogen) atoms. The third-order valence-electron chi connectivity index (χ3n) is 3.58. The zero-order chi connectivity index (χ0) is 14.8. The minimum Gasteiger partial charge on any atom is -0.345 e. The summed E-state index contributed by atoms with van der Waals surface area (Å²) in [5.74, 6) is 0. The van der Waals surface area contributed by atoms with Gasteiger partial charge in [-0.3, -0.25) is 0 Å². The maximum absolute atomic E-state index is 4.91. The van der Waals surface area contributed by atoms with Gasteiger partial charge >= 0.3 is 0 Å². The Labute approximate surface area is 127 Å². The van der Waals surface area contributed by atoms with Crippen LogP contribution in [0.4, 0.5) is 5.13 Å². The third-order valence-corrected chi connectivity index (χ3v) is 4.71. The summed E-state index contributed by atoms with van der Waals surface area (Å²) in [6.07, 6.45) is 4.92. The van der Waals surface area contributed by atoms with E-state index < -0.39 is 0 Å². The topological polar surface area (TPSA) is 28.2 Å². The highest BCUT2D eigenvalue weighted by Gasteiger charge is 2.31. The van der Waals surface area contributed by atoms with Gasteiger partial charge in [0.1, 0.15) is 0 Å². The number of hydrogen-bond acceptors (Lipinski definition) is 4. The van der Waals surface area contributed by atoms with Crippen LogP contribution >= 0.6 is 11.3 Å². The normalized spacial score (nSPS) is 15.7. The fraction of sp³-hybridized carbons (Fsp3) is 0.812. The molecule has 0 aliphatic heterocycles. The number of aromatic nitrogens is 1. The molecule has 1 aliphatic carbocycles. The zero-order valence-electron chi connectivity index (χ0n) is 13.6. The molecule has 1 aromatic heterocycles. The van der Waals surface area contributed by atoms with Gasteiger partial charge < -0.3 is 10.2 Å². The van der Waals surface area contributed by atoms with E-state index in [0.29, 0.717) is 0 Å². The second-order valence-electron chi connectivity index (χ2n) is 6.75. The Morgan fingerprint density at radius 2 is 2.00 bits per heavy atom. The minimum absolute atomic E-state index is 0.161. The Morgan fingerprint density at radius 1 is 1.30 bits per heavy atom. The molecule has 0 unspecified atom stereocenters. The van der Waals surface area contributed by atoms with Crippen LogP contribution in [0.25, 0.3) is 0 Å². The van der Waals surface area contributed by atoms with Gasteiger partial charge in [0.25, 0.3) is 0 Å². The highest BCUT2D eigenvalue weighted by Crippen LogP contribution is 2.35. The second kappa shape index (κ2) is 6.44. The van der Waals surface area contributed by atoms with Crippen molar-refractivity contribution in [3.8, 4) is 0 Å². The molecule has 0 spiro atoms. The molecule has 1 fully saturated rings. The number of nitrogens with zero attached hydrogens (tertiary/aromatic N) is 2. The summed E-state index contributed by atoms with van der Waals surface area (Å²) in [4.78, 5) is 8.86. The van der Waals surface area contributed by atoms with E-state index in [9.17, 15) is 0 Å². The fourth-order valence-corrected chi connectivity index (χ4v) is 3.50. The van der Waals surface area contributed by atoms with Crippen LogP contribution in [0.1, 0.15) is 64.5 Å². The Kier molecular flexibility index (Phi) is 5.08. The van der Waals surface area contributed by atoms with Crippen molar-refractivity contribution >= 4 is 16.5 Å². The lowest BCUT2D eigenvalue weighted by Crippen LogP contribution is -2.35. The Morgan fingerprint density at radius 3 is 2.50 bits per heavy atom. The number of rotatable bonds is 7. The van der Waals surface area contributed by atoms with E-state index in [1.54, 1.807) is 0 Å². The molecule has 0 saturated heterocycles. The molecule has 114 valence electrons. The van der Waals surface area contributed by atoms with Crippen molar-refractivity contribution in [3.05, 3.63) is 10.6 Å². The third kappa shape index (κ3) is 4.19. The van der Waals surface area contributed by atoms with E-state index in [-0.39, 0.29) is 5.54 Å². The van der Waals surface area contributed by atoms with E-state index >= 15 is 0 Å². The molecule has 1 aliphatic rings. The number of thiazole rings is 1. The van der Waals surface area contributed by atoms with Gasteiger partial charge in [0.05, 0.1) is 5.69 Å². The first-order chi connectivity index (χ1) is 9.44. The van der Waals surface area contributed by atoms with Gasteiger partial charge in [0, 0.05) is 29.5 Å². The number of aryl methyl sites for hydroxylation is 1. The molecule has 0 amide bonds. The van der Waals surface area contributed by atoms with Gasteiger partial charge in [-0.1, -0.05) is 13.8 Å². The quantitative estimate of drug-likeness (QED) is 0.825. The van der Waals surface area contributed by atoms with Gasteiger partial charge in [-0.2, -0.15) is 0 Å². The highest BCUT2D eigenvalue weighted by molar-refractivity contribution is 7.15. The molecule has 2 rings (SSSR count). The van der Waals surface area contributed by atoms with Crippen molar-refractivity contribution in [1.82, 2.24) is 10.3 Å². The van der Waals surface area contributed by atoms with Gasteiger partial charge in [-0.25, -0.2) is 4.98 Å². The number of nitrogens with one attached hydrogen (secondary N) is 1. The molecule has 0 atom stereocenters. The molecule has 0 aromatic carbocycles. The van der Waals surface area contributed by atoms with Crippen molar-refractivity contribution in [3.63, 3.8) is 0 Å². The van der Waals surface area contributed by atoms with Crippen LogP contribution in [0.3, 0.4) is 0 Å². The maximum Gasteiger partial charge on any atom is 0.186 e. The molecule has 3 nitrogen and oxygen atoms in total. The standard InChI is InChI=1S/C16H29N3S/c1-6-10-19(12-8-9-12)15-18-13(7-2)14(20-15)11-17-16(3,4)5/h12,17H,6-11H2,1-5H3. The number of hydrogen-bond donors (Lipinski definition) is 1. The summed E-state index contributed by atoms with van der Waals surface area (Å²) < 4.78 is 0. The van der Waals surface area contributed by atoms with E-state index in [1.807, 2.05) is 11.3 Å². The van der Waals surface area contributed by atoms with Crippen molar-refractivity contribution in [2.45, 2.75) is 78.4 Å². The zero-order valence-corrected chi connectivity index (χ0v) is 14.4. The van der Waals surface area contributed by atoms with Crippen LogP contribution < -0.4 is 10.2 Å². The van der Waals surface area contributed by atoms with Crippen molar-refractivity contribution in [2.24, 2.45) is 0 Å². The molecule has 1 saturated carbocycles. The van der Waals surface area contributed by atoms with Crippen molar-refractivity contribution in [1.29, 1.82) is 0 Å². The van der Waals surface area contributed by atoms with Crippen LogP contribution in [0.2, 0.25) is 0 Å². The average Bonchev–Trinajstić information content (AvgIpc) is 3.12. The van der Waals surface area contributed by atoms with Crippen LogP contribution in [0.15, 0.2) is 0 Å². The predicted molar refractivity (Wildman–Crippen MR) is 88.7 cm³/mol. The lowest BCUT2D eigenvalue weighted by atomic mass is 10.1. The summed E-state index contributed by atoms with van der Waals surface area (Å²) in [6, 6.07) is 0.759. The van der Waals surface area contributed by atoms with Gasteiger partial charge in [0.15, 0.2) is 5.13 Å². The molecule has 4 heteroatoms. The molecule has 1 aromatic rings. The fourth-order valence-electron chi connectivity index (χ4n) is 2.31. The molecule has 0 bridgehead atoms. The molecule has 1 heterocycles. The SMILES string of the molecule is CCCN(c1nc(CC)c(CNC(C)(C)C)s1)C1CC1. The smallest absolute Gasteiger partial charge is 0.186 e. The summed E-state index contributed by atoms with van der Waals surface area (Å²) in [5.41, 5.74) is 1.44. The largest absolute Gasteiger partial charge is 0.345 e. The lowest BCUT2D eigenvalue weighted by molar-refractivity contribution is 0.425. The van der Waals surface area contributed by atoms with Gasteiger partial charge in [0.2, 0.25) is 0 Å². The summed E-state index contributed by atoms with van der Waals surface area (Å²) >= 11 is 1.89. The summed E-state index contributed by atoms with van der Waals surface area (Å²) in [5, 5.41) is 4.84. The summed E-state index contributed by atoms with van der Waals surface area (Å²) in [7, 11) is 0. The van der Waals surface area contributed by atoms with Gasteiger partial charge in [-0.15, -0.1) is 11.3 Å². The van der Waals surface area contributed by atoms with Gasteiger partial charge in [-0.05, 0) is 46.5 Å². The first-order valence-electron chi connectivity index (χ1n) is 7.94. The Bertz CT molecular complexity index is 429. The average molecular weight is 295 g/mol.